The average Bonchev–Trinajstić information content (AvgIpc) is 2.51. The molecule has 0 amide bonds. The molecule has 0 aliphatic heterocycles. The zero-order valence-electron chi connectivity index (χ0n) is 14.2. The van der Waals surface area contributed by atoms with Crippen LogP contribution in [0.4, 0.5) is 0 Å². The fourth-order valence-electron chi connectivity index (χ4n) is 4.81. The zero-order valence-corrected chi connectivity index (χ0v) is 15.2. The molecule has 2 saturated carbocycles. The molecule has 0 aromatic heterocycles. The standard InChI is InChI=1S/C19H24N2OSi/c1-23(2,3)22-19-12-8-7-11-16(19)17(18(19,13-20)14-21)15-9-5-4-6-10-15/h4-6,9-10,16-17H,7-8,11-12H2,1-3H3/t16-,17-,19+/m1/s1. The van der Waals surface area contributed by atoms with Crippen LogP contribution in [0.5, 0.6) is 0 Å². The third kappa shape index (κ3) is 2.24. The Balaban J connectivity index is 2.11. The number of benzene rings is 1. The first-order valence-electron chi connectivity index (χ1n) is 8.48. The van der Waals surface area contributed by atoms with Gasteiger partial charge in [-0.1, -0.05) is 43.2 Å². The Morgan fingerprint density at radius 3 is 2.30 bits per heavy atom. The number of nitrogens with zero attached hydrogens (tertiary/aromatic N) is 2. The smallest absolute Gasteiger partial charge is 0.184 e. The van der Waals surface area contributed by atoms with Crippen LogP contribution in [0.1, 0.15) is 37.2 Å². The number of rotatable bonds is 3. The summed E-state index contributed by atoms with van der Waals surface area (Å²) in [6, 6.07) is 14.9. The second kappa shape index (κ2) is 5.48. The quantitative estimate of drug-likeness (QED) is 0.764. The maximum absolute atomic E-state index is 10.0. The van der Waals surface area contributed by atoms with Crippen molar-refractivity contribution in [3.05, 3.63) is 35.9 Å². The van der Waals surface area contributed by atoms with E-state index in [1.54, 1.807) is 0 Å². The molecule has 0 unspecified atom stereocenters. The number of hydrogen-bond acceptors (Lipinski definition) is 3. The lowest BCUT2D eigenvalue weighted by molar-refractivity contribution is -0.189. The normalized spacial score (nSPS) is 32.0. The Bertz CT molecular complexity index is 653. The maximum Gasteiger partial charge on any atom is 0.184 e. The van der Waals surface area contributed by atoms with Gasteiger partial charge in [-0.25, -0.2) is 0 Å². The largest absolute Gasteiger partial charge is 0.409 e. The highest BCUT2D eigenvalue weighted by Crippen LogP contribution is 2.70. The predicted molar refractivity (Wildman–Crippen MR) is 92.0 cm³/mol. The van der Waals surface area contributed by atoms with Gasteiger partial charge in [0.2, 0.25) is 0 Å². The van der Waals surface area contributed by atoms with Crippen molar-refractivity contribution in [2.24, 2.45) is 11.3 Å². The van der Waals surface area contributed by atoms with Crippen molar-refractivity contribution >= 4 is 8.32 Å². The molecule has 0 heterocycles. The molecule has 1 aromatic rings. The van der Waals surface area contributed by atoms with Gasteiger partial charge in [0.15, 0.2) is 13.7 Å². The minimum Gasteiger partial charge on any atom is -0.409 e. The van der Waals surface area contributed by atoms with Gasteiger partial charge in [0.25, 0.3) is 0 Å². The Kier molecular flexibility index (Phi) is 3.87. The van der Waals surface area contributed by atoms with Gasteiger partial charge >= 0.3 is 0 Å². The molecule has 1 aromatic carbocycles. The van der Waals surface area contributed by atoms with Gasteiger partial charge in [0.1, 0.15) is 0 Å². The molecule has 2 fully saturated rings. The fourth-order valence-corrected chi connectivity index (χ4v) is 6.32. The van der Waals surface area contributed by atoms with Crippen molar-refractivity contribution in [1.82, 2.24) is 0 Å². The van der Waals surface area contributed by atoms with Crippen LogP contribution in [0.15, 0.2) is 30.3 Å². The van der Waals surface area contributed by atoms with E-state index in [4.69, 9.17) is 4.43 Å². The molecule has 3 atom stereocenters. The van der Waals surface area contributed by atoms with E-state index in [1.165, 1.54) is 0 Å². The highest BCUT2D eigenvalue weighted by atomic mass is 28.4. The van der Waals surface area contributed by atoms with E-state index in [2.05, 4.69) is 43.9 Å². The van der Waals surface area contributed by atoms with Crippen molar-refractivity contribution in [2.75, 3.05) is 0 Å². The van der Waals surface area contributed by atoms with Crippen molar-refractivity contribution in [1.29, 1.82) is 10.5 Å². The second-order valence-corrected chi connectivity index (χ2v) is 12.3. The van der Waals surface area contributed by atoms with Gasteiger partial charge in [-0.15, -0.1) is 0 Å². The van der Waals surface area contributed by atoms with Gasteiger partial charge in [0.05, 0.1) is 17.7 Å². The molecule has 0 saturated heterocycles. The molecule has 3 nitrogen and oxygen atoms in total. The van der Waals surface area contributed by atoms with Crippen LogP contribution < -0.4 is 0 Å². The molecule has 4 heteroatoms. The SMILES string of the molecule is C[Si](C)(C)O[C@@]12CCCC[C@@H]1[C@@H](c1ccccc1)C2(C#N)C#N. The van der Waals surface area contributed by atoms with Gasteiger partial charge in [0, 0.05) is 5.92 Å². The summed E-state index contributed by atoms with van der Waals surface area (Å²) >= 11 is 0. The lowest BCUT2D eigenvalue weighted by Gasteiger charge is -2.66. The monoisotopic (exact) mass is 324 g/mol. The van der Waals surface area contributed by atoms with E-state index in [1.807, 2.05) is 18.2 Å². The average molecular weight is 325 g/mol. The topological polar surface area (TPSA) is 56.8 Å². The van der Waals surface area contributed by atoms with Crippen LogP contribution in [0.25, 0.3) is 0 Å². The Morgan fingerprint density at radius 1 is 1.09 bits per heavy atom. The second-order valence-electron chi connectivity index (χ2n) is 7.88. The highest BCUT2D eigenvalue weighted by molar-refractivity contribution is 6.69. The molecule has 3 rings (SSSR count). The van der Waals surface area contributed by atoms with Crippen LogP contribution in [-0.2, 0) is 4.43 Å². The molecule has 2 aliphatic rings. The molecule has 23 heavy (non-hydrogen) atoms. The molecule has 120 valence electrons. The number of nitriles is 2. The van der Waals surface area contributed by atoms with Crippen molar-refractivity contribution in [3.63, 3.8) is 0 Å². The predicted octanol–water partition coefficient (Wildman–Crippen LogP) is 4.60. The van der Waals surface area contributed by atoms with Crippen LogP contribution in [0.2, 0.25) is 19.6 Å². The Morgan fingerprint density at radius 2 is 1.74 bits per heavy atom. The Labute approximate surface area is 140 Å². The van der Waals surface area contributed by atoms with Gasteiger partial charge in [-0.2, -0.15) is 10.5 Å². The Hall–Kier alpha value is -1.62. The van der Waals surface area contributed by atoms with Crippen molar-refractivity contribution < 1.29 is 4.43 Å². The summed E-state index contributed by atoms with van der Waals surface area (Å²) in [6.45, 7) is 6.47. The van der Waals surface area contributed by atoms with Gasteiger partial charge < -0.3 is 4.43 Å². The first kappa shape index (κ1) is 16.2. The van der Waals surface area contributed by atoms with Crippen LogP contribution in [0, 0.1) is 34.0 Å². The fraction of sp³-hybridized carbons (Fsp3) is 0.579. The molecule has 2 aliphatic carbocycles. The van der Waals surface area contributed by atoms with Gasteiger partial charge in [-0.05, 0) is 44.0 Å². The van der Waals surface area contributed by atoms with Crippen LogP contribution >= 0.6 is 0 Å². The lowest BCUT2D eigenvalue weighted by Crippen LogP contribution is -2.72. The van der Waals surface area contributed by atoms with E-state index in [0.29, 0.717) is 0 Å². The maximum atomic E-state index is 10.0. The molecule has 0 spiro atoms. The summed E-state index contributed by atoms with van der Waals surface area (Å²) in [5.74, 6) is 0.250. The molecular weight excluding hydrogens is 300 g/mol. The summed E-state index contributed by atoms with van der Waals surface area (Å²) in [5, 5.41) is 20.1. The molecule has 0 N–H and O–H groups in total. The summed E-state index contributed by atoms with van der Waals surface area (Å²) in [6.07, 6.45) is 4.10. The van der Waals surface area contributed by atoms with E-state index < -0.39 is 19.3 Å². The van der Waals surface area contributed by atoms with Crippen molar-refractivity contribution in [2.45, 2.75) is 56.8 Å². The lowest BCUT2D eigenvalue weighted by atomic mass is 9.40. The summed E-state index contributed by atoms with van der Waals surface area (Å²) < 4.78 is 6.61. The zero-order chi connectivity index (χ0) is 16.7. The summed E-state index contributed by atoms with van der Waals surface area (Å²) in [5.41, 5.74) is -0.517. The van der Waals surface area contributed by atoms with E-state index in [-0.39, 0.29) is 11.8 Å². The first-order valence-corrected chi connectivity index (χ1v) is 11.9. The summed E-state index contributed by atoms with van der Waals surface area (Å²) in [4.78, 5) is 0. The van der Waals surface area contributed by atoms with E-state index in [0.717, 1.165) is 31.2 Å². The number of hydrogen-bond donors (Lipinski definition) is 0. The minimum absolute atomic E-state index is 0.0321. The molecule has 0 bridgehead atoms. The minimum atomic E-state index is -1.86. The molecule has 0 radical (unpaired) electrons. The van der Waals surface area contributed by atoms with Gasteiger partial charge in [-0.3, -0.25) is 0 Å². The van der Waals surface area contributed by atoms with Crippen molar-refractivity contribution in [3.8, 4) is 12.1 Å². The summed E-state index contributed by atoms with van der Waals surface area (Å²) in [7, 11) is -1.86. The van der Waals surface area contributed by atoms with Crippen LogP contribution in [-0.4, -0.2) is 13.9 Å². The third-order valence-corrected chi connectivity index (χ3v) is 6.42. The third-order valence-electron chi connectivity index (χ3n) is 5.45. The van der Waals surface area contributed by atoms with Crippen LogP contribution in [0.3, 0.4) is 0 Å². The number of fused-ring (bicyclic) bond motifs is 1. The first-order chi connectivity index (χ1) is 10.9. The highest BCUT2D eigenvalue weighted by Gasteiger charge is 2.75. The van der Waals surface area contributed by atoms with E-state index >= 15 is 0 Å². The van der Waals surface area contributed by atoms with E-state index in [9.17, 15) is 10.5 Å². The molecular formula is C19H24N2OSi.